The van der Waals surface area contributed by atoms with Gasteiger partial charge in [-0.15, -0.1) is 0 Å². The number of hydrogen-bond donors (Lipinski definition) is 1. The maximum atomic E-state index is 5.30. The molecule has 0 spiro atoms. The first-order valence-electron chi connectivity index (χ1n) is 6.01. The molecule has 0 aliphatic heterocycles. The maximum Gasteiger partial charge on any atom is 0.147 e. The highest BCUT2D eigenvalue weighted by Gasteiger charge is 2.19. The van der Waals surface area contributed by atoms with Crippen molar-refractivity contribution in [3.05, 3.63) is 26.6 Å². The molecular formula is C14H21Br2NO. The van der Waals surface area contributed by atoms with Gasteiger partial charge in [-0.1, -0.05) is 20.8 Å². The van der Waals surface area contributed by atoms with Crippen LogP contribution >= 0.6 is 31.9 Å². The fraction of sp³-hybridized carbons (Fsp3) is 0.571. The molecule has 0 fully saturated rings. The highest BCUT2D eigenvalue weighted by Crippen LogP contribution is 2.34. The summed E-state index contributed by atoms with van der Waals surface area (Å²) in [5, 5.41) is 3.55. The standard InChI is InChI=1S/C14H21Br2NO/c1-9(14(2,3)4)17-8-10-6-11(15)13(18-5)12(16)7-10/h6-7,9,17H,8H2,1-5H3. The minimum atomic E-state index is 0.265. The molecule has 4 heteroatoms. The van der Waals surface area contributed by atoms with Gasteiger partial charge in [-0.25, -0.2) is 0 Å². The SMILES string of the molecule is COc1c(Br)cc(CNC(C)C(C)(C)C)cc1Br. The van der Waals surface area contributed by atoms with Crippen molar-refractivity contribution in [2.75, 3.05) is 7.11 Å². The quantitative estimate of drug-likeness (QED) is 0.816. The number of rotatable bonds is 4. The number of methoxy groups -OCH3 is 1. The molecule has 0 aliphatic rings. The van der Waals surface area contributed by atoms with Crippen molar-refractivity contribution in [1.82, 2.24) is 5.32 Å². The van der Waals surface area contributed by atoms with Gasteiger partial charge in [-0.05, 0) is 61.9 Å². The number of benzene rings is 1. The molecule has 0 aliphatic carbocycles. The Morgan fingerprint density at radius 1 is 1.22 bits per heavy atom. The van der Waals surface area contributed by atoms with E-state index in [9.17, 15) is 0 Å². The molecule has 0 saturated carbocycles. The summed E-state index contributed by atoms with van der Waals surface area (Å²) in [5.41, 5.74) is 1.49. The summed E-state index contributed by atoms with van der Waals surface area (Å²) in [6.07, 6.45) is 0. The lowest BCUT2D eigenvalue weighted by molar-refractivity contribution is 0.285. The van der Waals surface area contributed by atoms with Gasteiger partial charge < -0.3 is 10.1 Å². The molecule has 1 aromatic rings. The fourth-order valence-corrected chi connectivity index (χ4v) is 3.09. The monoisotopic (exact) mass is 377 g/mol. The van der Waals surface area contributed by atoms with Crippen LogP contribution in [0.4, 0.5) is 0 Å². The van der Waals surface area contributed by atoms with Gasteiger partial charge in [0, 0.05) is 12.6 Å². The lowest BCUT2D eigenvalue weighted by Crippen LogP contribution is -2.37. The van der Waals surface area contributed by atoms with Gasteiger partial charge in [0.1, 0.15) is 5.75 Å². The molecule has 102 valence electrons. The van der Waals surface area contributed by atoms with Gasteiger partial charge in [-0.2, -0.15) is 0 Å². The fourth-order valence-electron chi connectivity index (χ4n) is 1.49. The van der Waals surface area contributed by atoms with Crippen LogP contribution in [0.2, 0.25) is 0 Å². The molecule has 0 aromatic heterocycles. The highest BCUT2D eigenvalue weighted by molar-refractivity contribution is 9.11. The van der Waals surface area contributed by atoms with Gasteiger partial charge in [0.15, 0.2) is 0 Å². The Morgan fingerprint density at radius 3 is 2.11 bits per heavy atom. The summed E-state index contributed by atoms with van der Waals surface area (Å²) in [6.45, 7) is 9.78. The minimum Gasteiger partial charge on any atom is -0.494 e. The second-order valence-electron chi connectivity index (χ2n) is 5.56. The van der Waals surface area contributed by atoms with Crippen molar-refractivity contribution < 1.29 is 4.74 Å². The molecule has 0 bridgehead atoms. The summed E-state index contributed by atoms with van der Waals surface area (Å²) in [7, 11) is 1.67. The molecule has 0 amide bonds. The molecule has 0 radical (unpaired) electrons. The third kappa shape index (κ3) is 4.25. The van der Waals surface area contributed by atoms with Gasteiger partial charge in [0.05, 0.1) is 16.1 Å². The lowest BCUT2D eigenvalue weighted by atomic mass is 9.88. The summed E-state index contributed by atoms with van der Waals surface area (Å²) < 4.78 is 7.24. The highest BCUT2D eigenvalue weighted by atomic mass is 79.9. The molecule has 18 heavy (non-hydrogen) atoms. The van der Waals surface area contributed by atoms with Crippen molar-refractivity contribution in [3.8, 4) is 5.75 Å². The maximum absolute atomic E-state index is 5.30. The second-order valence-corrected chi connectivity index (χ2v) is 7.27. The molecule has 0 heterocycles. The Balaban J connectivity index is 2.75. The number of ether oxygens (including phenoxy) is 1. The Kier molecular flexibility index (Phi) is 5.68. The lowest BCUT2D eigenvalue weighted by Gasteiger charge is -2.28. The molecule has 1 N–H and O–H groups in total. The molecule has 0 saturated heterocycles. The summed E-state index contributed by atoms with van der Waals surface area (Å²) in [5.74, 6) is 0.836. The van der Waals surface area contributed by atoms with Crippen LogP contribution in [-0.4, -0.2) is 13.2 Å². The number of halogens is 2. The van der Waals surface area contributed by atoms with E-state index in [0.717, 1.165) is 21.2 Å². The first kappa shape index (κ1) is 16.0. The van der Waals surface area contributed by atoms with E-state index in [1.165, 1.54) is 5.56 Å². The zero-order chi connectivity index (χ0) is 13.9. The zero-order valence-corrected chi connectivity index (χ0v) is 14.8. The van der Waals surface area contributed by atoms with Gasteiger partial charge in [0.2, 0.25) is 0 Å². The van der Waals surface area contributed by atoms with Crippen LogP contribution in [0.5, 0.6) is 5.75 Å². The van der Waals surface area contributed by atoms with Crippen LogP contribution in [0, 0.1) is 5.41 Å². The van der Waals surface area contributed by atoms with E-state index in [-0.39, 0.29) is 5.41 Å². The average Bonchev–Trinajstić information content (AvgIpc) is 2.24. The largest absolute Gasteiger partial charge is 0.494 e. The topological polar surface area (TPSA) is 21.3 Å². The Labute approximate surface area is 127 Å². The van der Waals surface area contributed by atoms with E-state index in [0.29, 0.717) is 6.04 Å². The third-order valence-electron chi connectivity index (χ3n) is 3.17. The van der Waals surface area contributed by atoms with Gasteiger partial charge in [-0.3, -0.25) is 0 Å². The summed E-state index contributed by atoms with van der Waals surface area (Å²) in [6, 6.07) is 4.63. The van der Waals surface area contributed by atoms with Gasteiger partial charge in [0.25, 0.3) is 0 Å². The third-order valence-corrected chi connectivity index (χ3v) is 4.35. The molecular weight excluding hydrogens is 358 g/mol. The van der Waals surface area contributed by atoms with E-state index in [1.54, 1.807) is 7.11 Å². The minimum absolute atomic E-state index is 0.265. The van der Waals surface area contributed by atoms with Crippen LogP contribution in [0.3, 0.4) is 0 Å². The van der Waals surface area contributed by atoms with E-state index in [1.807, 2.05) is 0 Å². The first-order valence-corrected chi connectivity index (χ1v) is 7.59. The molecule has 2 nitrogen and oxygen atoms in total. The van der Waals surface area contributed by atoms with Crippen molar-refractivity contribution in [2.45, 2.75) is 40.3 Å². The Bertz CT molecular complexity index is 390. The number of nitrogens with one attached hydrogen (secondary N) is 1. The van der Waals surface area contributed by atoms with Crippen LogP contribution in [0.1, 0.15) is 33.3 Å². The average molecular weight is 379 g/mol. The predicted octanol–water partition coefficient (Wildman–Crippen LogP) is 4.74. The second kappa shape index (κ2) is 6.40. The van der Waals surface area contributed by atoms with Crippen LogP contribution in [-0.2, 0) is 6.54 Å². The Morgan fingerprint density at radius 2 is 1.72 bits per heavy atom. The van der Waals surface area contributed by atoms with Crippen LogP contribution < -0.4 is 10.1 Å². The smallest absolute Gasteiger partial charge is 0.147 e. The van der Waals surface area contributed by atoms with E-state index in [2.05, 4.69) is 77.0 Å². The van der Waals surface area contributed by atoms with Crippen LogP contribution in [0.15, 0.2) is 21.1 Å². The van der Waals surface area contributed by atoms with Crippen molar-refractivity contribution in [2.24, 2.45) is 5.41 Å². The first-order chi connectivity index (χ1) is 8.25. The van der Waals surface area contributed by atoms with Crippen molar-refractivity contribution >= 4 is 31.9 Å². The predicted molar refractivity (Wildman–Crippen MR) is 84.2 cm³/mol. The zero-order valence-electron chi connectivity index (χ0n) is 11.6. The normalized spacial score (nSPS) is 13.5. The van der Waals surface area contributed by atoms with E-state index in [4.69, 9.17) is 4.74 Å². The molecule has 1 unspecified atom stereocenters. The number of hydrogen-bond acceptors (Lipinski definition) is 2. The van der Waals surface area contributed by atoms with Crippen LogP contribution in [0.25, 0.3) is 0 Å². The molecule has 1 atom stereocenters. The van der Waals surface area contributed by atoms with Crippen molar-refractivity contribution in [3.63, 3.8) is 0 Å². The van der Waals surface area contributed by atoms with E-state index >= 15 is 0 Å². The van der Waals surface area contributed by atoms with E-state index < -0.39 is 0 Å². The Hall–Kier alpha value is -0.0600. The molecule has 1 rings (SSSR count). The summed E-state index contributed by atoms with van der Waals surface area (Å²) >= 11 is 7.04. The van der Waals surface area contributed by atoms with Crippen molar-refractivity contribution in [1.29, 1.82) is 0 Å². The molecule has 1 aromatic carbocycles. The van der Waals surface area contributed by atoms with Gasteiger partial charge >= 0.3 is 0 Å². The summed E-state index contributed by atoms with van der Waals surface area (Å²) in [4.78, 5) is 0.